The zero-order valence-corrected chi connectivity index (χ0v) is 9.97. The third-order valence-electron chi connectivity index (χ3n) is 1.92. The van der Waals surface area contributed by atoms with E-state index in [0.29, 0.717) is 10.9 Å². The van der Waals surface area contributed by atoms with E-state index < -0.39 is 5.38 Å². The van der Waals surface area contributed by atoms with E-state index in [0.717, 1.165) is 5.56 Å². The number of carbonyl (C=O) groups is 1. The maximum atomic E-state index is 11.0. The van der Waals surface area contributed by atoms with Crippen LogP contribution in [0.25, 0.3) is 0 Å². The molecule has 0 aromatic heterocycles. The van der Waals surface area contributed by atoms with Gasteiger partial charge in [0, 0.05) is 16.5 Å². The van der Waals surface area contributed by atoms with E-state index in [2.05, 4.69) is 15.9 Å². The van der Waals surface area contributed by atoms with Crippen molar-refractivity contribution >= 4 is 33.3 Å². The third-order valence-corrected chi connectivity index (χ3v) is 3.07. The fraction of sp³-hybridized carbons (Fsp3) is 0.300. The predicted molar refractivity (Wildman–Crippen MR) is 60.0 cm³/mol. The minimum absolute atomic E-state index is 0.0968. The fourth-order valence-electron chi connectivity index (χ4n) is 1.14. The van der Waals surface area contributed by atoms with Crippen molar-refractivity contribution in [2.45, 2.75) is 17.6 Å². The van der Waals surface area contributed by atoms with Crippen LogP contribution in [0.1, 0.15) is 23.4 Å². The SMILES string of the molecule is CC(=O)C(Cl)c1cccc(CBr)c1O. The van der Waals surface area contributed by atoms with Crippen LogP contribution in [0, 0.1) is 0 Å². The van der Waals surface area contributed by atoms with Crippen molar-refractivity contribution in [2.75, 3.05) is 0 Å². The number of halogens is 2. The van der Waals surface area contributed by atoms with Gasteiger partial charge in [0.2, 0.25) is 0 Å². The second-order valence-electron chi connectivity index (χ2n) is 2.96. The second kappa shape index (κ2) is 4.80. The molecule has 0 heterocycles. The van der Waals surface area contributed by atoms with E-state index in [1.54, 1.807) is 18.2 Å². The molecule has 1 rings (SSSR count). The molecule has 0 spiro atoms. The van der Waals surface area contributed by atoms with Gasteiger partial charge in [-0.3, -0.25) is 4.79 Å². The Kier molecular flexibility index (Phi) is 3.96. The number of hydrogen-bond acceptors (Lipinski definition) is 2. The molecule has 0 saturated carbocycles. The maximum Gasteiger partial charge on any atom is 0.152 e. The first-order valence-corrected chi connectivity index (χ1v) is 5.65. The molecule has 1 aromatic carbocycles. The van der Waals surface area contributed by atoms with Crippen molar-refractivity contribution in [2.24, 2.45) is 0 Å². The molecule has 0 bridgehead atoms. The van der Waals surface area contributed by atoms with Gasteiger partial charge in [-0.15, -0.1) is 11.6 Å². The molecular weight excluding hydrogens is 267 g/mol. The number of phenols is 1. The highest BCUT2D eigenvalue weighted by Gasteiger charge is 2.18. The highest BCUT2D eigenvalue weighted by molar-refractivity contribution is 9.08. The van der Waals surface area contributed by atoms with E-state index in [9.17, 15) is 9.90 Å². The van der Waals surface area contributed by atoms with Gasteiger partial charge in [0.1, 0.15) is 11.1 Å². The molecule has 1 unspecified atom stereocenters. The molecule has 76 valence electrons. The van der Waals surface area contributed by atoms with Gasteiger partial charge in [0.25, 0.3) is 0 Å². The Morgan fingerprint density at radius 3 is 2.79 bits per heavy atom. The van der Waals surface area contributed by atoms with Crippen LogP contribution in [0.5, 0.6) is 5.75 Å². The smallest absolute Gasteiger partial charge is 0.152 e. The standard InChI is InChI=1S/C10H10BrClO2/c1-6(13)9(12)8-4-2-3-7(5-11)10(8)14/h2-4,9,14H,5H2,1H3. The summed E-state index contributed by atoms with van der Waals surface area (Å²) >= 11 is 9.09. The van der Waals surface area contributed by atoms with Gasteiger partial charge in [0.15, 0.2) is 5.78 Å². The largest absolute Gasteiger partial charge is 0.507 e. The van der Waals surface area contributed by atoms with E-state index in [-0.39, 0.29) is 11.5 Å². The van der Waals surface area contributed by atoms with Crippen molar-refractivity contribution in [1.29, 1.82) is 0 Å². The molecule has 0 aliphatic rings. The first-order valence-electron chi connectivity index (χ1n) is 4.09. The Labute approximate surface area is 96.0 Å². The summed E-state index contributed by atoms with van der Waals surface area (Å²) in [4.78, 5) is 11.0. The Bertz CT molecular complexity index is 352. The lowest BCUT2D eigenvalue weighted by Gasteiger charge is -2.10. The number of carbonyl (C=O) groups excluding carboxylic acids is 1. The topological polar surface area (TPSA) is 37.3 Å². The van der Waals surface area contributed by atoms with Crippen LogP contribution in [0.3, 0.4) is 0 Å². The zero-order valence-electron chi connectivity index (χ0n) is 7.63. The molecule has 0 aliphatic heterocycles. The maximum absolute atomic E-state index is 11.0. The Morgan fingerprint density at radius 2 is 2.29 bits per heavy atom. The third kappa shape index (κ3) is 2.28. The Morgan fingerprint density at radius 1 is 1.64 bits per heavy atom. The first kappa shape index (κ1) is 11.5. The molecule has 0 amide bonds. The highest BCUT2D eigenvalue weighted by atomic mass is 79.9. The summed E-state index contributed by atoms with van der Waals surface area (Å²) in [6, 6.07) is 5.20. The number of alkyl halides is 2. The molecule has 0 radical (unpaired) electrons. The molecule has 14 heavy (non-hydrogen) atoms. The van der Waals surface area contributed by atoms with Gasteiger partial charge in [0.05, 0.1) is 0 Å². The summed E-state index contributed by atoms with van der Waals surface area (Å²) in [7, 11) is 0. The molecule has 1 N–H and O–H groups in total. The lowest BCUT2D eigenvalue weighted by atomic mass is 10.0. The minimum Gasteiger partial charge on any atom is -0.507 e. The number of benzene rings is 1. The van der Waals surface area contributed by atoms with Gasteiger partial charge in [-0.05, 0) is 6.92 Å². The number of hydrogen-bond donors (Lipinski definition) is 1. The zero-order chi connectivity index (χ0) is 10.7. The van der Waals surface area contributed by atoms with E-state index >= 15 is 0 Å². The summed E-state index contributed by atoms with van der Waals surface area (Å²) in [5.41, 5.74) is 1.20. The average Bonchev–Trinajstić information content (AvgIpc) is 2.17. The summed E-state index contributed by atoms with van der Waals surface area (Å²) in [6.07, 6.45) is 0. The summed E-state index contributed by atoms with van der Waals surface area (Å²) in [5.74, 6) is -0.0757. The summed E-state index contributed by atoms with van der Waals surface area (Å²) in [5, 5.41) is 9.51. The van der Waals surface area contributed by atoms with Crippen LogP contribution in [0.15, 0.2) is 18.2 Å². The Balaban J connectivity index is 3.15. The van der Waals surface area contributed by atoms with Crippen LogP contribution in [-0.2, 0) is 10.1 Å². The molecule has 1 aromatic rings. The minimum atomic E-state index is -0.769. The average molecular weight is 278 g/mol. The number of para-hydroxylation sites is 1. The highest BCUT2D eigenvalue weighted by Crippen LogP contribution is 2.33. The molecule has 2 nitrogen and oxygen atoms in total. The second-order valence-corrected chi connectivity index (χ2v) is 3.96. The number of Topliss-reactive ketones (excluding diaryl/α,β-unsaturated/α-hetero) is 1. The fourth-order valence-corrected chi connectivity index (χ4v) is 1.77. The van der Waals surface area contributed by atoms with Gasteiger partial charge in [-0.1, -0.05) is 34.1 Å². The van der Waals surface area contributed by atoms with Crippen LogP contribution in [-0.4, -0.2) is 10.9 Å². The molecular formula is C10H10BrClO2. The van der Waals surface area contributed by atoms with Crippen molar-refractivity contribution in [3.8, 4) is 5.75 Å². The number of rotatable bonds is 3. The van der Waals surface area contributed by atoms with Crippen molar-refractivity contribution < 1.29 is 9.90 Å². The Hall–Kier alpha value is -0.540. The van der Waals surface area contributed by atoms with E-state index in [1.807, 2.05) is 0 Å². The molecule has 4 heteroatoms. The van der Waals surface area contributed by atoms with Gasteiger partial charge in [-0.2, -0.15) is 0 Å². The lowest BCUT2D eigenvalue weighted by Crippen LogP contribution is -2.02. The monoisotopic (exact) mass is 276 g/mol. The lowest BCUT2D eigenvalue weighted by molar-refractivity contribution is -0.116. The van der Waals surface area contributed by atoms with E-state index in [4.69, 9.17) is 11.6 Å². The summed E-state index contributed by atoms with van der Waals surface area (Å²) in [6.45, 7) is 1.40. The van der Waals surface area contributed by atoms with Crippen molar-refractivity contribution in [3.05, 3.63) is 29.3 Å². The quantitative estimate of drug-likeness (QED) is 0.862. The summed E-state index contributed by atoms with van der Waals surface area (Å²) < 4.78 is 0. The van der Waals surface area contributed by atoms with Gasteiger partial charge < -0.3 is 5.11 Å². The number of aromatic hydroxyl groups is 1. The predicted octanol–water partition coefficient (Wildman–Crippen LogP) is 3.16. The molecule has 0 fully saturated rings. The van der Waals surface area contributed by atoms with E-state index in [1.165, 1.54) is 6.92 Å². The van der Waals surface area contributed by atoms with Crippen LogP contribution >= 0.6 is 27.5 Å². The van der Waals surface area contributed by atoms with Gasteiger partial charge >= 0.3 is 0 Å². The molecule has 1 atom stereocenters. The van der Waals surface area contributed by atoms with Crippen LogP contribution in [0.2, 0.25) is 0 Å². The van der Waals surface area contributed by atoms with Crippen molar-refractivity contribution in [3.63, 3.8) is 0 Å². The molecule has 0 aliphatic carbocycles. The molecule has 0 saturated heterocycles. The normalized spacial score (nSPS) is 12.5. The van der Waals surface area contributed by atoms with Gasteiger partial charge in [-0.25, -0.2) is 0 Å². The van der Waals surface area contributed by atoms with Crippen LogP contribution < -0.4 is 0 Å². The van der Waals surface area contributed by atoms with Crippen molar-refractivity contribution in [1.82, 2.24) is 0 Å². The number of ketones is 1. The number of phenolic OH excluding ortho intramolecular Hbond substituents is 1. The van der Waals surface area contributed by atoms with Crippen LogP contribution in [0.4, 0.5) is 0 Å². The first-order chi connectivity index (χ1) is 6.57.